The molecule has 1 aromatic carbocycles. The molecule has 1 aromatic rings. The van der Waals surface area contributed by atoms with Crippen molar-refractivity contribution < 1.29 is 38.1 Å². The van der Waals surface area contributed by atoms with Crippen molar-refractivity contribution in [2.45, 2.75) is 86.3 Å². The molecule has 0 saturated heterocycles. The van der Waals surface area contributed by atoms with Crippen LogP contribution in [0.25, 0.3) is 0 Å². The lowest BCUT2D eigenvalue weighted by Crippen LogP contribution is -2.37. The molecule has 9 nitrogen and oxygen atoms in total. The molecule has 1 rings (SSSR count). The smallest absolute Gasteiger partial charge is 0.323 e. The van der Waals surface area contributed by atoms with Gasteiger partial charge in [0.1, 0.15) is 18.8 Å². The quantitative estimate of drug-likeness (QED) is 0.293. The van der Waals surface area contributed by atoms with Gasteiger partial charge in [-0.15, -0.1) is 0 Å². The fraction of sp³-hybridized carbons (Fsp3) is 0.630. The van der Waals surface area contributed by atoms with Gasteiger partial charge in [-0.3, -0.25) is 19.2 Å². The zero-order valence-corrected chi connectivity index (χ0v) is 22.5. The van der Waals surface area contributed by atoms with Crippen LogP contribution in [0.2, 0.25) is 0 Å². The second-order valence-corrected chi connectivity index (χ2v) is 9.58. The third-order valence-electron chi connectivity index (χ3n) is 5.59. The molecule has 0 aromatic heterocycles. The Kier molecular flexibility index (Phi) is 13.2. The minimum atomic E-state index is -1.01. The molecule has 0 fully saturated rings. The van der Waals surface area contributed by atoms with Crippen LogP contribution in [0.5, 0.6) is 11.5 Å². The highest BCUT2D eigenvalue weighted by atomic mass is 16.6. The monoisotopic (exact) mass is 507 g/mol. The average Bonchev–Trinajstić information content (AvgIpc) is 2.82. The topological polar surface area (TPSA) is 131 Å². The molecule has 0 spiro atoms. The summed E-state index contributed by atoms with van der Waals surface area (Å²) in [6.07, 6.45) is 0.904. The summed E-state index contributed by atoms with van der Waals surface area (Å²) in [5.74, 6) is -2.21. The van der Waals surface area contributed by atoms with Gasteiger partial charge in [0.05, 0.1) is 11.8 Å². The maximum absolute atomic E-state index is 12.4. The normalized spacial score (nSPS) is 14.4. The van der Waals surface area contributed by atoms with Crippen molar-refractivity contribution in [3.05, 3.63) is 23.8 Å². The number of ether oxygens (including phenoxy) is 4. The van der Waals surface area contributed by atoms with Crippen LogP contribution in [-0.2, 0) is 35.1 Å². The number of carbonyl (C=O) groups is 4. The van der Waals surface area contributed by atoms with Crippen molar-refractivity contribution in [2.24, 2.45) is 23.5 Å². The summed E-state index contributed by atoms with van der Waals surface area (Å²) in [6, 6.07) is 3.68. The van der Waals surface area contributed by atoms with Crippen LogP contribution in [0.1, 0.15) is 73.3 Å². The van der Waals surface area contributed by atoms with Crippen molar-refractivity contribution in [3.63, 3.8) is 0 Å². The number of benzene rings is 1. The van der Waals surface area contributed by atoms with Crippen LogP contribution in [0.15, 0.2) is 18.2 Å². The molecular weight excluding hydrogens is 466 g/mol. The second-order valence-electron chi connectivity index (χ2n) is 9.58. The van der Waals surface area contributed by atoms with Crippen LogP contribution in [-0.4, -0.2) is 42.6 Å². The summed E-state index contributed by atoms with van der Waals surface area (Å²) < 4.78 is 21.4. The van der Waals surface area contributed by atoms with E-state index in [0.29, 0.717) is 18.4 Å². The van der Waals surface area contributed by atoms with E-state index in [1.165, 1.54) is 12.1 Å². The van der Waals surface area contributed by atoms with E-state index in [4.69, 9.17) is 24.7 Å². The first-order valence-electron chi connectivity index (χ1n) is 12.6. The molecule has 4 atom stereocenters. The van der Waals surface area contributed by atoms with E-state index >= 15 is 0 Å². The van der Waals surface area contributed by atoms with Crippen molar-refractivity contribution >= 4 is 23.9 Å². The first-order valence-corrected chi connectivity index (χ1v) is 12.6. The predicted molar refractivity (Wildman–Crippen MR) is 134 cm³/mol. The lowest BCUT2D eigenvalue weighted by molar-refractivity contribution is -0.159. The number of nitrogens with two attached hydrogens (primary N) is 1. The summed E-state index contributed by atoms with van der Waals surface area (Å²) in [6.45, 7) is 12.6. The molecular formula is C27H41NO8. The van der Waals surface area contributed by atoms with E-state index in [9.17, 15) is 19.2 Å². The Morgan fingerprint density at radius 3 is 1.92 bits per heavy atom. The molecule has 9 heteroatoms. The minimum absolute atomic E-state index is 0.0596. The number of esters is 4. The van der Waals surface area contributed by atoms with Crippen molar-refractivity contribution in [1.29, 1.82) is 0 Å². The van der Waals surface area contributed by atoms with Gasteiger partial charge >= 0.3 is 23.9 Å². The number of rotatable bonds is 14. The molecule has 0 aliphatic rings. The molecule has 2 unspecified atom stereocenters. The minimum Gasteiger partial charge on any atom is -0.462 e. The van der Waals surface area contributed by atoms with E-state index in [2.05, 4.69) is 0 Å². The Morgan fingerprint density at radius 1 is 0.833 bits per heavy atom. The summed E-state index contributed by atoms with van der Waals surface area (Å²) >= 11 is 0. The molecule has 0 bridgehead atoms. The van der Waals surface area contributed by atoms with Crippen LogP contribution in [0.4, 0.5) is 0 Å². The van der Waals surface area contributed by atoms with Crippen LogP contribution in [0, 0.1) is 17.8 Å². The van der Waals surface area contributed by atoms with Gasteiger partial charge in [-0.25, -0.2) is 0 Å². The predicted octanol–water partition coefficient (Wildman–Crippen LogP) is 3.98. The lowest BCUT2D eigenvalue weighted by atomic mass is 10.1. The zero-order valence-electron chi connectivity index (χ0n) is 22.5. The lowest BCUT2D eigenvalue weighted by Gasteiger charge is -2.18. The highest BCUT2D eigenvalue weighted by Gasteiger charge is 2.23. The van der Waals surface area contributed by atoms with Crippen molar-refractivity contribution in [2.75, 3.05) is 6.61 Å². The van der Waals surface area contributed by atoms with Gasteiger partial charge in [-0.05, 0) is 49.8 Å². The van der Waals surface area contributed by atoms with Crippen molar-refractivity contribution in [3.8, 4) is 11.5 Å². The standard InChI is InChI=1S/C27H41NO8/c1-8-17(5)25(30)35-22-11-10-20(14-23(22)36-26(31)18(6)9-2)13-21(28)27(32)34-19(7)15-33-24(29)12-16(3)4/h10-11,14,16-19,21H,8-9,12-13,15,28H2,1-7H3/t17?,18?,19-,21-/m0/s1. The average molecular weight is 508 g/mol. The van der Waals surface area contributed by atoms with Crippen LogP contribution in [0.3, 0.4) is 0 Å². The maximum atomic E-state index is 12.4. The number of hydrogen-bond acceptors (Lipinski definition) is 9. The molecule has 0 aliphatic heterocycles. The summed E-state index contributed by atoms with van der Waals surface area (Å²) in [5.41, 5.74) is 6.63. The fourth-order valence-electron chi connectivity index (χ4n) is 2.85. The highest BCUT2D eigenvalue weighted by Crippen LogP contribution is 2.31. The van der Waals surface area contributed by atoms with E-state index < -0.39 is 30.1 Å². The molecule has 202 valence electrons. The van der Waals surface area contributed by atoms with E-state index in [1.807, 2.05) is 27.7 Å². The second kappa shape index (κ2) is 15.2. The number of hydrogen-bond donors (Lipinski definition) is 1. The SMILES string of the molecule is CCC(C)C(=O)Oc1ccc(C[C@H](N)C(=O)O[C@@H](C)COC(=O)CC(C)C)cc1OC(=O)C(C)CC. The van der Waals surface area contributed by atoms with Crippen LogP contribution >= 0.6 is 0 Å². The fourth-order valence-corrected chi connectivity index (χ4v) is 2.85. The van der Waals surface area contributed by atoms with Gasteiger partial charge in [0.15, 0.2) is 11.5 Å². The largest absolute Gasteiger partial charge is 0.462 e. The Bertz CT molecular complexity index is 898. The Labute approximate surface area is 214 Å². The first kappa shape index (κ1) is 31.1. The highest BCUT2D eigenvalue weighted by molar-refractivity contribution is 5.79. The van der Waals surface area contributed by atoms with E-state index in [1.54, 1.807) is 26.8 Å². The van der Waals surface area contributed by atoms with Gasteiger partial charge < -0.3 is 24.7 Å². The number of carbonyl (C=O) groups excluding carboxylic acids is 4. The van der Waals surface area contributed by atoms with Gasteiger partial charge in [-0.2, -0.15) is 0 Å². The van der Waals surface area contributed by atoms with Gasteiger partial charge in [0.2, 0.25) is 0 Å². The molecule has 0 radical (unpaired) electrons. The molecule has 36 heavy (non-hydrogen) atoms. The summed E-state index contributed by atoms with van der Waals surface area (Å²) in [5, 5.41) is 0. The van der Waals surface area contributed by atoms with E-state index in [-0.39, 0.29) is 54.7 Å². The Hall–Kier alpha value is -2.94. The molecule has 0 saturated carbocycles. The van der Waals surface area contributed by atoms with Gasteiger partial charge in [0, 0.05) is 6.42 Å². The molecule has 2 N–H and O–H groups in total. The molecule has 0 aliphatic carbocycles. The van der Waals surface area contributed by atoms with Crippen molar-refractivity contribution in [1.82, 2.24) is 0 Å². The third-order valence-corrected chi connectivity index (χ3v) is 5.59. The van der Waals surface area contributed by atoms with Crippen LogP contribution < -0.4 is 15.2 Å². The first-order chi connectivity index (χ1) is 16.9. The summed E-state index contributed by atoms with van der Waals surface area (Å²) in [7, 11) is 0. The Balaban J connectivity index is 2.89. The van der Waals surface area contributed by atoms with Gasteiger partial charge in [-0.1, -0.05) is 47.6 Å². The maximum Gasteiger partial charge on any atom is 0.323 e. The third kappa shape index (κ3) is 10.8. The zero-order chi connectivity index (χ0) is 27.4. The molecule has 0 amide bonds. The van der Waals surface area contributed by atoms with E-state index in [0.717, 1.165) is 0 Å². The Morgan fingerprint density at radius 2 is 1.39 bits per heavy atom. The van der Waals surface area contributed by atoms with Gasteiger partial charge in [0.25, 0.3) is 0 Å². The molecule has 0 heterocycles. The summed E-state index contributed by atoms with van der Waals surface area (Å²) in [4.78, 5) is 48.8.